The molecule has 6 nitrogen and oxygen atoms in total. The van der Waals surface area contributed by atoms with Crippen LogP contribution in [0.15, 0.2) is 27.8 Å². The number of guanidine groups is 1. The fraction of sp³-hybridized carbons (Fsp3) is 0.750. The van der Waals surface area contributed by atoms with Crippen LogP contribution in [-0.2, 0) is 22.0 Å². The van der Waals surface area contributed by atoms with Crippen LogP contribution in [0.2, 0.25) is 0 Å². The molecule has 152 valence electrons. The molecule has 1 saturated heterocycles. The molecule has 1 aliphatic heterocycles. The molecule has 4 unspecified atom stereocenters. The van der Waals surface area contributed by atoms with E-state index in [1.54, 1.807) is 6.26 Å². The third-order valence-electron chi connectivity index (χ3n) is 5.34. The number of nitrogens with zero attached hydrogens (tertiary/aromatic N) is 1. The summed E-state index contributed by atoms with van der Waals surface area (Å²) in [6.07, 6.45) is 9.24. The third-order valence-corrected chi connectivity index (χ3v) is 7.08. The fourth-order valence-corrected chi connectivity index (χ4v) is 5.18. The van der Waals surface area contributed by atoms with Gasteiger partial charge in [-0.15, -0.1) is 0 Å². The maximum Gasteiger partial charge on any atom is 0.191 e. The molecule has 2 fully saturated rings. The minimum Gasteiger partial charge on any atom is -0.469 e. The molecule has 2 heterocycles. The summed E-state index contributed by atoms with van der Waals surface area (Å²) in [6.45, 7) is 4.31. The van der Waals surface area contributed by atoms with Crippen LogP contribution >= 0.6 is 0 Å². The smallest absolute Gasteiger partial charge is 0.191 e. The second-order valence-electron chi connectivity index (χ2n) is 7.38. The van der Waals surface area contributed by atoms with Crippen molar-refractivity contribution in [2.24, 2.45) is 4.99 Å². The average molecular weight is 396 g/mol. The Bertz CT molecular complexity index is 600. The van der Waals surface area contributed by atoms with Gasteiger partial charge >= 0.3 is 0 Å². The molecule has 0 aromatic carbocycles. The molecule has 3 rings (SSSR count). The van der Waals surface area contributed by atoms with E-state index in [-0.39, 0.29) is 6.10 Å². The molecule has 2 N–H and O–H groups in total. The molecule has 0 amide bonds. The van der Waals surface area contributed by atoms with E-state index in [1.165, 1.54) is 0 Å². The molecule has 0 bridgehead atoms. The van der Waals surface area contributed by atoms with E-state index in [1.807, 2.05) is 19.1 Å². The topological polar surface area (TPSA) is 75.9 Å². The zero-order valence-corrected chi connectivity index (χ0v) is 17.1. The van der Waals surface area contributed by atoms with Gasteiger partial charge in [-0.05, 0) is 44.2 Å². The van der Waals surface area contributed by atoms with Crippen molar-refractivity contribution >= 4 is 16.8 Å². The molecule has 2 aliphatic rings. The molecule has 1 aromatic heterocycles. The lowest BCUT2D eigenvalue weighted by Crippen LogP contribution is -2.47. The highest BCUT2D eigenvalue weighted by molar-refractivity contribution is 7.85. The van der Waals surface area contributed by atoms with Crippen molar-refractivity contribution in [2.75, 3.05) is 25.4 Å². The lowest BCUT2D eigenvalue weighted by atomic mass is 9.95. The molecule has 1 saturated carbocycles. The SMILES string of the molecule is CCS(=O)C1CCCC(NC(=NCC2CCCO2)NCCc2ccco2)C1. The Morgan fingerprint density at radius 2 is 2.26 bits per heavy atom. The summed E-state index contributed by atoms with van der Waals surface area (Å²) >= 11 is 0. The zero-order valence-electron chi connectivity index (χ0n) is 16.3. The van der Waals surface area contributed by atoms with E-state index in [4.69, 9.17) is 14.1 Å². The third kappa shape index (κ3) is 6.64. The van der Waals surface area contributed by atoms with E-state index in [2.05, 4.69) is 10.6 Å². The van der Waals surface area contributed by atoms with Crippen LogP contribution in [0.1, 0.15) is 51.2 Å². The van der Waals surface area contributed by atoms with Gasteiger partial charge in [0.25, 0.3) is 0 Å². The predicted octanol–water partition coefficient (Wildman–Crippen LogP) is 2.62. The second kappa shape index (κ2) is 10.9. The van der Waals surface area contributed by atoms with Crippen LogP contribution in [0.25, 0.3) is 0 Å². The highest BCUT2D eigenvalue weighted by Gasteiger charge is 2.26. The van der Waals surface area contributed by atoms with Gasteiger partial charge in [0, 0.05) is 47.4 Å². The Hall–Kier alpha value is -1.34. The van der Waals surface area contributed by atoms with Gasteiger partial charge in [-0.3, -0.25) is 9.20 Å². The highest BCUT2D eigenvalue weighted by Crippen LogP contribution is 2.23. The number of hydrogen-bond donors (Lipinski definition) is 2. The van der Waals surface area contributed by atoms with E-state index in [0.29, 0.717) is 17.8 Å². The van der Waals surface area contributed by atoms with E-state index in [9.17, 15) is 4.21 Å². The van der Waals surface area contributed by atoms with Crippen LogP contribution in [-0.4, -0.2) is 53.0 Å². The number of nitrogens with one attached hydrogen (secondary N) is 2. The van der Waals surface area contributed by atoms with Crippen LogP contribution < -0.4 is 10.6 Å². The molecular weight excluding hydrogens is 362 g/mol. The van der Waals surface area contributed by atoms with Crippen molar-refractivity contribution in [3.63, 3.8) is 0 Å². The second-order valence-corrected chi connectivity index (χ2v) is 9.39. The van der Waals surface area contributed by atoms with Crippen molar-refractivity contribution in [3.05, 3.63) is 24.2 Å². The Kier molecular flexibility index (Phi) is 8.20. The van der Waals surface area contributed by atoms with Gasteiger partial charge in [-0.2, -0.15) is 0 Å². The molecule has 1 aromatic rings. The lowest BCUT2D eigenvalue weighted by Gasteiger charge is -2.30. The van der Waals surface area contributed by atoms with Gasteiger partial charge in [-0.1, -0.05) is 13.3 Å². The summed E-state index contributed by atoms with van der Waals surface area (Å²) in [5.74, 6) is 2.56. The maximum atomic E-state index is 12.2. The first-order chi connectivity index (χ1) is 13.2. The first-order valence-electron chi connectivity index (χ1n) is 10.3. The van der Waals surface area contributed by atoms with Crippen molar-refractivity contribution in [3.8, 4) is 0 Å². The zero-order chi connectivity index (χ0) is 18.9. The Balaban J connectivity index is 1.54. The largest absolute Gasteiger partial charge is 0.469 e. The van der Waals surface area contributed by atoms with Crippen LogP contribution in [0.3, 0.4) is 0 Å². The molecule has 7 heteroatoms. The van der Waals surface area contributed by atoms with Crippen LogP contribution in [0, 0.1) is 0 Å². The predicted molar refractivity (Wildman–Crippen MR) is 110 cm³/mol. The minimum atomic E-state index is -0.713. The average Bonchev–Trinajstić information content (AvgIpc) is 3.39. The van der Waals surface area contributed by atoms with Crippen molar-refractivity contribution in [1.29, 1.82) is 0 Å². The lowest BCUT2D eigenvalue weighted by molar-refractivity contribution is 0.117. The Labute approximate surface area is 165 Å². The van der Waals surface area contributed by atoms with Gasteiger partial charge in [0.15, 0.2) is 5.96 Å². The fourth-order valence-electron chi connectivity index (χ4n) is 3.84. The summed E-state index contributed by atoms with van der Waals surface area (Å²) in [7, 11) is -0.713. The van der Waals surface area contributed by atoms with Gasteiger partial charge in [-0.25, -0.2) is 0 Å². The monoisotopic (exact) mass is 395 g/mol. The number of hydrogen-bond acceptors (Lipinski definition) is 4. The summed E-state index contributed by atoms with van der Waals surface area (Å²) in [6, 6.07) is 4.23. The van der Waals surface area contributed by atoms with Gasteiger partial charge in [0.1, 0.15) is 5.76 Å². The van der Waals surface area contributed by atoms with Gasteiger partial charge < -0.3 is 19.8 Å². The van der Waals surface area contributed by atoms with Crippen molar-refractivity contribution in [1.82, 2.24) is 10.6 Å². The van der Waals surface area contributed by atoms with Crippen molar-refractivity contribution < 1.29 is 13.4 Å². The Morgan fingerprint density at radius 3 is 3.00 bits per heavy atom. The normalized spacial score (nSPS) is 27.4. The molecule has 0 spiro atoms. The quantitative estimate of drug-likeness (QED) is 0.523. The summed E-state index contributed by atoms with van der Waals surface area (Å²) in [4.78, 5) is 4.77. The number of ether oxygens (including phenoxy) is 1. The van der Waals surface area contributed by atoms with E-state index in [0.717, 1.165) is 75.6 Å². The van der Waals surface area contributed by atoms with Gasteiger partial charge in [0.05, 0.1) is 18.9 Å². The first-order valence-corrected chi connectivity index (χ1v) is 11.7. The number of rotatable bonds is 8. The van der Waals surface area contributed by atoms with Crippen LogP contribution in [0.5, 0.6) is 0 Å². The standard InChI is InChI=1S/C20H33N3O3S/c1-2-27(24)19-9-3-6-16(14-19)23-20(22-15-18-8-5-13-26-18)21-11-10-17-7-4-12-25-17/h4,7,12,16,18-19H,2-3,5-6,8-11,13-15H2,1H3,(H2,21,22,23). The van der Waals surface area contributed by atoms with Gasteiger partial charge in [0.2, 0.25) is 0 Å². The first kappa shape index (κ1) is 20.4. The summed E-state index contributed by atoms with van der Waals surface area (Å²) in [5.41, 5.74) is 0. The van der Waals surface area contributed by atoms with E-state index >= 15 is 0 Å². The Morgan fingerprint density at radius 1 is 1.33 bits per heavy atom. The summed E-state index contributed by atoms with van der Waals surface area (Å²) in [5, 5.41) is 7.33. The maximum absolute atomic E-state index is 12.2. The summed E-state index contributed by atoms with van der Waals surface area (Å²) < 4.78 is 23.3. The number of aliphatic imine (C=N–C) groups is 1. The van der Waals surface area contributed by atoms with Crippen molar-refractivity contribution in [2.45, 2.75) is 69.3 Å². The highest BCUT2D eigenvalue weighted by atomic mass is 32.2. The molecule has 1 aliphatic carbocycles. The molecule has 27 heavy (non-hydrogen) atoms. The van der Waals surface area contributed by atoms with Crippen LogP contribution in [0.4, 0.5) is 0 Å². The molecule has 0 radical (unpaired) electrons. The molecule has 4 atom stereocenters. The molecular formula is C20H33N3O3S. The van der Waals surface area contributed by atoms with E-state index < -0.39 is 10.8 Å². The minimum absolute atomic E-state index is 0.236. The number of furan rings is 1.